The number of nitrogens with zero attached hydrogens (tertiary/aromatic N) is 4. The van der Waals surface area contributed by atoms with Crippen LogP contribution in [-0.2, 0) is 27.0 Å². The number of alkyl halides is 3. The lowest BCUT2D eigenvalue weighted by molar-refractivity contribution is -0.152. The fourth-order valence-corrected chi connectivity index (χ4v) is 4.71. The second-order valence-electron chi connectivity index (χ2n) is 10.1. The number of carboxylic acids is 1. The van der Waals surface area contributed by atoms with Crippen LogP contribution >= 0.6 is 0 Å². The molecule has 1 aliphatic heterocycles. The number of carbonyl (C=O) groups excluding carboxylic acids is 1. The summed E-state index contributed by atoms with van der Waals surface area (Å²) in [6.45, 7) is 1.49. The topological polar surface area (TPSA) is 130 Å². The molecule has 0 saturated heterocycles. The van der Waals surface area contributed by atoms with Gasteiger partial charge in [-0.2, -0.15) is 18.3 Å². The van der Waals surface area contributed by atoms with Crippen molar-refractivity contribution in [2.75, 3.05) is 13.2 Å². The molecule has 0 spiro atoms. The molecule has 240 valence electrons. The maximum absolute atomic E-state index is 14.4. The first-order chi connectivity index (χ1) is 22.0. The molecule has 2 N–H and O–H groups in total. The molecule has 0 bridgehead atoms. The van der Waals surface area contributed by atoms with Crippen LogP contribution in [0.1, 0.15) is 48.3 Å². The predicted octanol–water partition coefficient (Wildman–Crippen LogP) is 6.13. The summed E-state index contributed by atoms with van der Waals surface area (Å²) < 4.78 is 80.7. The van der Waals surface area contributed by atoms with E-state index in [0.717, 1.165) is 12.1 Å². The molecule has 0 aliphatic carbocycles. The maximum atomic E-state index is 14.4. The van der Waals surface area contributed by atoms with Gasteiger partial charge >= 0.3 is 18.1 Å². The van der Waals surface area contributed by atoms with E-state index in [1.165, 1.54) is 53.8 Å². The third-order valence-electron chi connectivity index (χ3n) is 6.89. The molecule has 0 amide bonds. The third-order valence-corrected chi connectivity index (χ3v) is 6.89. The van der Waals surface area contributed by atoms with Crippen LogP contribution in [0.25, 0.3) is 22.6 Å². The summed E-state index contributed by atoms with van der Waals surface area (Å²) >= 11 is 0. The number of halogens is 5. The SMILES string of the molecule is CCCOc1ccc(-c2ccc(C(C(=O)OCCC(=O)O)N3Cc4nc(-c5cccc(F)c5F)[nH]c4C=N3)cn2)c(C(F)(F)F)c1. The number of esters is 1. The molecule has 1 atom stereocenters. The molecule has 10 nitrogen and oxygen atoms in total. The van der Waals surface area contributed by atoms with Crippen LogP contribution in [0, 0.1) is 11.6 Å². The van der Waals surface area contributed by atoms with Crippen LogP contribution in [-0.4, -0.2) is 56.4 Å². The molecule has 0 radical (unpaired) electrons. The number of imidazole rings is 1. The molecule has 5 rings (SSSR count). The van der Waals surface area contributed by atoms with Crippen LogP contribution in [0.5, 0.6) is 5.75 Å². The molecule has 0 fully saturated rings. The number of ether oxygens (including phenoxy) is 2. The van der Waals surface area contributed by atoms with Crippen molar-refractivity contribution in [3.05, 3.63) is 88.9 Å². The van der Waals surface area contributed by atoms with Gasteiger partial charge in [0, 0.05) is 17.3 Å². The number of aromatic nitrogens is 3. The Hall–Kier alpha value is -5.34. The van der Waals surface area contributed by atoms with E-state index >= 15 is 0 Å². The summed E-state index contributed by atoms with van der Waals surface area (Å²) in [7, 11) is 0. The fraction of sp³-hybridized carbons (Fsp3) is 0.258. The highest BCUT2D eigenvalue weighted by Gasteiger charge is 2.36. The zero-order valence-corrected chi connectivity index (χ0v) is 24.1. The average molecular weight is 644 g/mol. The van der Waals surface area contributed by atoms with E-state index in [2.05, 4.69) is 20.1 Å². The van der Waals surface area contributed by atoms with Gasteiger partial charge in [-0.25, -0.2) is 18.6 Å². The number of benzene rings is 2. The number of hydrazone groups is 1. The quantitative estimate of drug-likeness (QED) is 0.147. The summed E-state index contributed by atoms with van der Waals surface area (Å²) in [6, 6.07) is 8.55. The zero-order valence-electron chi connectivity index (χ0n) is 24.1. The van der Waals surface area contributed by atoms with E-state index in [-0.39, 0.29) is 47.1 Å². The maximum Gasteiger partial charge on any atom is 0.417 e. The van der Waals surface area contributed by atoms with Gasteiger partial charge in [0.1, 0.15) is 18.2 Å². The van der Waals surface area contributed by atoms with E-state index in [0.29, 0.717) is 17.8 Å². The molecule has 46 heavy (non-hydrogen) atoms. The Morgan fingerprint density at radius 2 is 1.89 bits per heavy atom. The lowest BCUT2D eigenvalue weighted by Gasteiger charge is -2.29. The zero-order chi connectivity index (χ0) is 33.0. The van der Waals surface area contributed by atoms with Gasteiger partial charge in [-0.3, -0.25) is 14.8 Å². The number of nitrogens with one attached hydrogen (secondary N) is 1. The first-order valence-electron chi connectivity index (χ1n) is 14.0. The largest absolute Gasteiger partial charge is 0.494 e. The molecule has 3 heterocycles. The van der Waals surface area contributed by atoms with Crippen molar-refractivity contribution in [1.29, 1.82) is 0 Å². The first kappa shape index (κ1) is 32.1. The molecule has 1 aliphatic rings. The lowest BCUT2D eigenvalue weighted by atomic mass is 10.0. The van der Waals surface area contributed by atoms with Crippen molar-refractivity contribution in [1.82, 2.24) is 20.0 Å². The minimum Gasteiger partial charge on any atom is -0.494 e. The number of aromatic amines is 1. The Kier molecular flexibility index (Phi) is 9.30. The molecule has 1 unspecified atom stereocenters. The number of rotatable bonds is 11. The molecule has 4 aromatic rings. The number of carbonyl (C=O) groups is 2. The Morgan fingerprint density at radius 3 is 2.59 bits per heavy atom. The highest BCUT2D eigenvalue weighted by molar-refractivity contribution is 5.83. The van der Waals surface area contributed by atoms with Crippen molar-refractivity contribution < 1.29 is 46.1 Å². The summed E-state index contributed by atoms with van der Waals surface area (Å²) in [6.07, 6.45) is -2.06. The number of pyridine rings is 1. The number of aliphatic carboxylic acids is 1. The summed E-state index contributed by atoms with van der Waals surface area (Å²) in [5.41, 5.74) is -0.459. The van der Waals surface area contributed by atoms with Crippen LogP contribution < -0.4 is 4.74 Å². The summed E-state index contributed by atoms with van der Waals surface area (Å²) in [5.74, 6) is -4.19. The van der Waals surface area contributed by atoms with Gasteiger partial charge in [0.2, 0.25) is 0 Å². The Balaban J connectivity index is 1.46. The van der Waals surface area contributed by atoms with E-state index in [4.69, 9.17) is 14.6 Å². The molecule has 2 aromatic heterocycles. The number of carboxylic acid groups (broad SMARTS) is 1. The highest BCUT2D eigenvalue weighted by Crippen LogP contribution is 2.39. The van der Waals surface area contributed by atoms with Crippen molar-refractivity contribution in [2.45, 2.75) is 38.5 Å². The monoisotopic (exact) mass is 643 g/mol. The lowest BCUT2D eigenvalue weighted by Crippen LogP contribution is -2.34. The molecule has 15 heteroatoms. The number of hydrogen-bond acceptors (Lipinski definition) is 8. The molecule has 2 aromatic carbocycles. The minimum atomic E-state index is -4.71. The third kappa shape index (κ3) is 6.98. The van der Waals surface area contributed by atoms with Gasteiger partial charge in [-0.1, -0.05) is 19.1 Å². The fourth-order valence-electron chi connectivity index (χ4n) is 4.71. The molecular weight excluding hydrogens is 617 g/mol. The predicted molar refractivity (Wildman–Crippen MR) is 153 cm³/mol. The second-order valence-corrected chi connectivity index (χ2v) is 10.1. The van der Waals surface area contributed by atoms with Crippen LogP contribution in [0.2, 0.25) is 0 Å². The van der Waals surface area contributed by atoms with Crippen molar-refractivity contribution in [3.63, 3.8) is 0 Å². The van der Waals surface area contributed by atoms with E-state index in [1.807, 2.05) is 6.92 Å². The summed E-state index contributed by atoms with van der Waals surface area (Å²) in [4.78, 5) is 35.7. The Morgan fingerprint density at radius 1 is 1.09 bits per heavy atom. The van der Waals surface area contributed by atoms with Gasteiger partial charge in [0.25, 0.3) is 0 Å². The Bertz CT molecular complexity index is 1770. The average Bonchev–Trinajstić information content (AvgIpc) is 3.44. The normalized spacial score (nSPS) is 13.3. The van der Waals surface area contributed by atoms with Gasteiger partial charge in [0.15, 0.2) is 17.7 Å². The first-order valence-corrected chi connectivity index (χ1v) is 14.0. The van der Waals surface area contributed by atoms with Crippen molar-refractivity contribution in [2.24, 2.45) is 5.10 Å². The number of H-pyrrole nitrogens is 1. The summed E-state index contributed by atoms with van der Waals surface area (Å²) in [5, 5.41) is 14.5. The second kappa shape index (κ2) is 13.3. The minimum absolute atomic E-state index is 0.0217. The highest BCUT2D eigenvalue weighted by atomic mass is 19.4. The van der Waals surface area contributed by atoms with Gasteiger partial charge in [0.05, 0.1) is 54.0 Å². The van der Waals surface area contributed by atoms with Crippen molar-refractivity contribution in [3.8, 4) is 28.4 Å². The van der Waals surface area contributed by atoms with Gasteiger partial charge < -0.3 is 19.6 Å². The van der Waals surface area contributed by atoms with Crippen LogP contribution in [0.4, 0.5) is 22.0 Å². The van der Waals surface area contributed by atoms with Gasteiger partial charge in [-0.15, -0.1) is 0 Å². The van der Waals surface area contributed by atoms with E-state index < -0.39 is 54.4 Å². The smallest absolute Gasteiger partial charge is 0.417 e. The molecular formula is C31H26F5N5O5. The van der Waals surface area contributed by atoms with Crippen LogP contribution in [0.15, 0.2) is 59.8 Å². The molecule has 0 saturated carbocycles. The van der Waals surface area contributed by atoms with Gasteiger partial charge in [-0.05, 0) is 42.8 Å². The number of fused-ring (bicyclic) bond motifs is 1. The van der Waals surface area contributed by atoms with Crippen LogP contribution in [0.3, 0.4) is 0 Å². The van der Waals surface area contributed by atoms with Crippen molar-refractivity contribution >= 4 is 18.2 Å². The van der Waals surface area contributed by atoms with E-state index in [1.54, 1.807) is 0 Å². The van der Waals surface area contributed by atoms with E-state index in [9.17, 15) is 31.5 Å². The Labute approximate surface area is 258 Å². The number of hydrogen-bond donors (Lipinski definition) is 2. The standard InChI is InChI=1S/C31H26F5N5O5/c1-2-11-45-18-7-8-19(21(13-18)31(34,35)36)23-9-6-17(14-37-23)28(30(44)46-12-10-26(42)43)41-16-25-24(15-38-41)39-29(40-25)20-4-3-5-22(32)27(20)33/h3-9,13-15,28H,2,10-12,16H2,1H3,(H,39,40)(H,42,43).